The van der Waals surface area contributed by atoms with Gasteiger partial charge in [0.2, 0.25) is 0 Å². The zero-order valence-electron chi connectivity index (χ0n) is 17.7. The van der Waals surface area contributed by atoms with Crippen molar-refractivity contribution in [1.82, 2.24) is 24.9 Å². The predicted octanol–water partition coefficient (Wildman–Crippen LogP) is 6.86. The summed E-state index contributed by atoms with van der Waals surface area (Å²) >= 11 is 0. The molecular formula is C27H23N5. The maximum atomic E-state index is 5.20. The minimum absolute atomic E-state index is 0.552. The van der Waals surface area contributed by atoms with Gasteiger partial charge in [-0.3, -0.25) is 9.97 Å². The van der Waals surface area contributed by atoms with Crippen LogP contribution in [0.2, 0.25) is 0 Å². The Kier molecular flexibility index (Phi) is 3.85. The van der Waals surface area contributed by atoms with Gasteiger partial charge >= 0.3 is 0 Å². The van der Waals surface area contributed by atoms with Crippen LogP contribution in [0, 0.1) is 0 Å². The molecule has 5 nitrogen and oxygen atoms in total. The third kappa shape index (κ3) is 2.54. The molecule has 156 valence electrons. The second-order valence-corrected chi connectivity index (χ2v) is 8.90. The van der Waals surface area contributed by atoms with E-state index >= 15 is 0 Å². The molecule has 0 radical (unpaired) electrons. The lowest BCUT2D eigenvalue weighted by atomic mass is 9.85. The molecule has 1 aliphatic rings. The van der Waals surface area contributed by atoms with Gasteiger partial charge in [0.25, 0.3) is 0 Å². The Hall–Kier alpha value is -3.73. The standard InChI is InChI=1S/C27H23N5/c1-2-8-16(9-3-1)22-21(17-10-4-5-13-20(17)30-22)27-31-25-18-11-6-14-28-23(18)24-19(26(25)32-27)12-7-15-29-24/h4-7,10-16,30H,1-3,8-9H2,(H,31,32). The lowest BCUT2D eigenvalue weighted by Crippen LogP contribution is -2.06. The highest BCUT2D eigenvalue weighted by atomic mass is 14.9. The van der Waals surface area contributed by atoms with Crippen LogP contribution in [0.25, 0.3) is 55.1 Å². The molecule has 4 aromatic heterocycles. The number of fused-ring (bicyclic) bond motifs is 7. The maximum absolute atomic E-state index is 5.20. The van der Waals surface area contributed by atoms with Crippen LogP contribution in [0.1, 0.15) is 43.7 Å². The van der Waals surface area contributed by atoms with Gasteiger partial charge in [-0.25, -0.2) is 4.98 Å². The summed E-state index contributed by atoms with van der Waals surface area (Å²) in [5.41, 5.74) is 7.54. The first-order chi connectivity index (χ1) is 15.9. The number of aromatic nitrogens is 5. The van der Waals surface area contributed by atoms with Crippen molar-refractivity contribution in [3.63, 3.8) is 0 Å². The average Bonchev–Trinajstić information content (AvgIpc) is 3.47. The van der Waals surface area contributed by atoms with Crippen LogP contribution < -0.4 is 0 Å². The molecule has 0 amide bonds. The van der Waals surface area contributed by atoms with E-state index in [0.717, 1.165) is 38.7 Å². The van der Waals surface area contributed by atoms with Crippen LogP contribution in [-0.2, 0) is 0 Å². The van der Waals surface area contributed by atoms with Gasteiger partial charge in [-0.15, -0.1) is 0 Å². The highest BCUT2D eigenvalue weighted by molar-refractivity contribution is 6.21. The van der Waals surface area contributed by atoms with Crippen LogP contribution >= 0.6 is 0 Å². The number of hydrogen-bond donors (Lipinski definition) is 2. The van der Waals surface area contributed by atoms with Gasteiger partial charge in [0.1, 0.15) is 5.82 Å². The number of imidazole rings is 1. The quantitative estimate of drug-likeness (QED) is 0.303. The van der Waals surface area contributed by atoms with Crippen molar-refractivity contribution >= 4 is 43.7 Å². The molecule has 1 fully saturated rings. The van der Waals surface area contributed by atoms with E-state index < -0.39 is 0 Å². The largest absolute Gasteiger partial charge is 0.358 e. The fourth-order valence-electron chi connectivity index (χ4n) is 5.58. The van der Waals surface area contributed by atoms with Crippen molar-refractivity contribution < 1.29 is 0 Å². The highest BCUT2D eigenvalue weighted by Crippen LogP contribution is 2.42. The smallest absolute Gasteiger partial charge is 0.140 e. The SMILES string of the molecule is c1ccc2c(-c3nc4c5cccnc5c5ncccc5c4[nH]3)c(C3CCCCC3)[nH]c2c1. The molecule has 0 saturated heterocycles. The zero-order chi connectivity index (χ0) is 21.1. The van der Waals surface area contributed by atoms with E-state index in [1.807, 2.05) is 24.5 Å². The van der Waals surface area contributed by atoms with Gasteiger partial charge in [-0.05, 0) is 49.1 Å². The summed E-state index contributed by atoms with van der Waals surface area (Å²) in [4.78, 5) is 22.0. The number of benzene rings is 2. The van der Waals surface area contributed by atoms with Gasteiger partial charge in [0.05, 0.1) is 22.1 Å². The van der Waals surface area contributed by atoms with Gasteiger partial charge in [-0.1, -0.05) is 37.5 Å². The zero-order valence-corrected chi connectivity index (χ0v) is 17.7. The summed E-state index contributed by atoms with van der Waals surface area (Å²) in [7, 11) is 0. The molecule has 32 heavy (non-hydrogen) atoms. The molecule has 0 atom stereocenters. The molecule has 2 aromatic carbocycles. The van der Waals surface area contributed by atoms with Gasteiger partial charge in [0, 0.05) is 45.3 Å². The van der Waals surface area contributed by atoms with Crippen LogP contribution in [0.3, 0.4) is 0 Å². The molecule has 1 saturated carbocycles. The minimum atomic E-state index is 0.552. The van der Waals surface area contributed by atoms with Gasteiger partial charge < -0.3 is 9.97 Å². The van der Waals surface area contributed by atoms with Crippen molar-refractivity contribution in [3.05, 3.63) is 66.6 Å². The average molecular weight is 418 g/mol. The van der Waals surface area contributed by atoms with Crippen LogP contribution in [-0.4, -0.2) is 24.9 Å². The van der Waals surface area contributed by atoms with E-state index in [-0.39, 0.29) is 0 Å². The summed E-state index contributed by atoms with van der Waals surface area (Å²) in [6.45, 7) is 0. The number of pyridine rings is 2. The maximum Gasteiger partial charge on any atom is 0.140 e. The van der Waals surface area contributed by atoms with Crippen molar-refractivity contribution in [2.24, 2.45) is 0 Å². The first-order valence-corrected chi connectivity index (χ1v) is 11.5. The molecule has 0 aliphatic heterocycles. The van der Waals surface area contributed by atoms with Crippen molar-refractivity contribution in [3.8, 4) is 11.4 Å². The minimum Gasteiger partial charge on any atom is -0.358 e. The molecule has 4 heterocycles. The summed E-state index contributed by atoms with van der Waals surface area (Å²) in [6.07, 6.45) is 10.1. The fraction of sp³-hybridized carbons (Fsp3) is 0.222. The van der Waals surface area contributed by atoms with Gasteiger partial charge in [0.15, 0.2) is 0 Å². The lowest BCUT2D eigenvalue weighted by molar-refractivity contribution is 0.439. The molecule has 5 heteroatoms. The third-order valence-electron chi connectivity index (χ3n) is 7.05. The van der Waals surface area contributed by atoms with E-state index in [2.05, 4.69) is 56.3 Å². The first-order valence-electron chi connectivity index (χ1n) is 11.5. The molecule has 0 spiro atoms. The Morgan fingerprint density at radius 1 is 0.688 bits per heavy atom. The van der Waals surface area contributed by atoms with E-state index in [1.165, 1.54) is 54.3 Å². The Morgan fingerprint density at radius 3 is 2.25 bits per heavy atom. The second-order valence-electron chi connectivity index (χ2n) is 8.90. The first kappa shape index (κ1) is 17.9. The number of nitrogens with one attached hydrogen (secondary N) is 2. The van der Waals surface area contributed by atoms with E-state index in [1.54, 1.807) is 0 Å². The number of H-pyrrole nitrogens is 2. The highest BCUT2D eigenvalue weighted by Gasteiger charge is 2.25. The number of hydrogen-bond acceptors (Lipinski definition) is 3. The number of rotatable bonds is 2. The van der Waals surface area contributed by atoms with Crippen LogP contribution in [0.4, 0.5) is 0 Å². The molecule has 0 bridgehead atoms. The van der Waals surface area contributed by atoms with Crippen molar-refractivity contribution in [2.75, 3.05) is 0 Å². The third-order valence-corrected chi connectivity index (χ3v) is 7.05. The monoisotopic (exact) mass is 417 g/mol. The van der Waals surface area contributed by atoms with Gasteiger partial charge in [-0.2, -0.15) is 0 Å². The molecular weight excluding hydrogens is 394 g/mol. The van der Waals surface area contributed by atoms with Crippen LogP contribution in [0.5, 0.6) is 0 Å². The molecule has 0 unspecified atom stereocenters. The lowest BCUT2D eigenvalue weighted by Gasteiger charge is -2.21. The summed E-state index contributed by atoms with van der Waals surface area (Å²) in [5, 5.41) is 3.33. The Bertz CT molecular complexity index is 1550. The summed E-state index contributed by atoms with van der Waals surface area (Å²) in [5.74, 6) is 1.48. The second kappa shape index (κ2) is 6.89. The van der Waals surface area contributed by atoms with Crippen molar-refractivity contribution in [2.45, 2.75) is 38.0 Å². The number of nitrogens with zero attached hydrogens (tertiary/aromatic N) is 3. The summed E-state index contributed by atoms with van der Waals surface area (Å²) in [6, 6.07) is 16.8. The normalized spacial score (nSPS) is 15.4. The van der Waals surface area contributed by atoms with Crippen LogP contribution in [0.15, 0.2) is 60.9 Å². The molecule has 7 rings (SSSR count). The molecule has 1 aliphatic carbocycles. The van der Waals surface area contributed by atoms with E-state index in [4.69, 9.17) is 4.98 Å². The fourth-order valence-corrected chi connectivity index (χ4v) is 5.58. The van der Waals surface area contributed by atoms with E-state index in [0.29, 0.717) is 5.92 Å². The Balaban J connectivity index is 1.57. The Labute approximate surface area is 184 Å². The van der Waals surface area contributed by atoms with Crippen molar-refractivity contribution in [1.29, 1.82) is 0 Å². The molecule has 6 aromatic rings. The summed E-state index contributed by atoms with van der Waals surface area (Å²) < 4.78 is 0. The number of para-hydroxylation sites is 1. The number of aromatic amines is 2. The topological polar surface area (TPSA) is 70.2 Å². The predicted molar refractivity (Wildman–Crippen MR) is 130 cm³/mol. The van der Waals surface area contributed by atoms with E-state index in [9.17, 15) is 0 Å². The molecule has 2 N–H and O–H groups in total. The Morgan fingerprint density at radius 2 is 1.41 bits per heavy atom.